The summed E-state index contributed by atoms with van der Waals surface area (Å²) < 4.78 is 0. The zero-order valence-corrected chi connectivity index (χ0v) is 12.8. The average molecular weight is 278 g/mol. The van der Waals surface area contributed by atoms with Gasteiger partial charge < -0.3 is 0 Å². The first kappa shape index (κ1) is 14.1. The molecule has 0 radical (unpaired) electrons. The Morgan fingerprint density at radius 3 is 2.52 bits per heavy atom. The lowest BCUT2D eigenvalue weighted by atomic mass is 9.92. The quantitative estimate of drug-likeness (QED) is 0.795. The molecule has 2 aromatic rings. The summed E-state index contributed by atoms with van der Waals surface area (Å²) in [4.78, 5) is 12.6. The molecular weight excluding hydrogens is 256 g/mol. The van der Waals surface area contributed by atoms with Gasteiger partial charge in [0.2, 0.25) is 0 Å². The highest BCUT2D eigenvalue weighted by molar-refractivity contribution is 5.88. The van der Waals surface area contributed by atoms with Crippen LogP contribution in [0.1, 0.15) is 54.4 Å². The molecular formula is C20H22O. The number of Topliss-reactive ketones (excluding diaryl/α,β-unsaturated/α-hetero) is 1. The summed E-state index contributed by atoms with van der Waals surface area (Å²) in [5.74, 6) is 1.000. The molecule has 1 heteroatoms. The van der Waals surface area contributed by atoms with Crippen LogP contribution in [-0.4, -0.2) is 5.78 Å². The largest absolute Gasteiger partial charge is 0.299 e. The molecule has 1 nitrogen and oxygen atoms in total. The van der Waals surface area contributed by atoms with Gasteiger partial charge in [-0.1, -0.05) is 62.4 Å². The Hall–Kier alpha value is -1.89. The van der Waals surface area contributed by atoms with Crippen molar-refractivity contribution in [3.05, 3.63) is 70.8 Å². The van der Waals surface area contributed by atoms with Crippen LogP contribution in [0.2, 0.25) is 0 Å². The Kier molecular flexibility index (Phi) is 3.92. The lowest BCUT2D eigenvalue weighted by Crippen LogP contribution is -2.12. The fourth-order valence-electron chi connectivity index (χ4n) is 3.24. The molecule has 0 fully saturated rings. The van der Waals surface area contributed by atoms with Crippen LogP contribution < -0.4 is 0 Å². The molecule has 2 aromatic carbocycles. The standard InChI is InChI=1S/C20H22O/c1-14(2)16-9-7-15(8-10-16)13-20(21)19-12-11-17-5-3-4-6-18(17)19/h3-10,14,19H,11-13H2,1-2H3. The van der Waals surface area contributed by atoms with Crippen molar-refractivity contribution < 1.29 is 4.79 Å². The van der Waals surface area contributed by atoms with E-state index in [2.05, 4.69) is 56.3 Å². The molecule has 1 aliphatic carbocycles. The number of carbonyl (C=O) groups is 1. The zero-order chi connectivity index (χ0) is 14.8. The number of fused-ring (bicyclic) bond motifs is 1. The number of hydrogen-bond acceptors (Lipinski definition) is 1. The highest BCUT2D eigenvalue weighted by Gasteiger charge is 2.27. The summed E-state index contributed by atoms with van der Waals surface area (Å²) >= 11 is 0. The Morgan fingerprint density at radius 1 is 1.10 bits per heavy atom. The van der Waals surface area contributed by atoms with E-state index in [0.717, 1.165) is 18.4 Å². The van der Waals surface area contributed by atoms with Crippen molar-refractivity contribution in [2.75, 3.05) is 0 Å². The molecule has 0 heterocycles. The summed E-state index contributed by atoms with van der Waals surface area (Å²) in [6.07, 6.45) is 2.57. The maximum Gasteiger partial charge on any atom is 0.144 e. The number of hydrogen-bond donors (Lipinski definition) is 0. The summed E-state index contributed by atoms with van der Waals surface area (Å²) in [5.41, 5.74) is 5.07. The third kappa shape index (κ3) is 2.92. The van der Waals surface area contributed by atoms with E-state index in [4.69, 9.17) is 0 Å². The van der Waals surface area contributed by atoms with Crippen molar-refractivity contribution in [3.8, 4) is 0 Å². The van der Waals surface area contributed by atoms with Gasteiger partial charge in [0.15, 0.2) is 0 Å². The van der Waals surface area contributed by atoms with Gasteiger partial charge in [-0.05, 0) is 41.0 Å². The van der Waals surface area contributed by atoms with Gasteiger partial charge >= 0.3 is 0 Å². The van der Waals surface area contributed by atoms with E-state index >= 15 is 0 Å². The minimum Gasteiger partial charge on any atom is -0.299 e. The molecule has 0 saturated heterocycles. The lowest BCUT2D eigenvalue weighted by Gasteiger charge is -2.11. The number of rotatable bonds is 4. The molecule has 0 spiro atoms. The highest BCUT2D eigenvalue weighted by Crippen LogP contribution is 2.34. The van der Waals surface area contributed by atoms with Crippen LogP contribution >= 0.6 is 0 Å². The van der Waals surface area contributed by atoms with Crippen LogP contribution in [0.5, 0.6) is 0 Å². The van der Waals surface area contributed by atoms with Gasteiger partial charge in [-0.15, -0.1) is 0 Å². The molecule has 0 amide bonds. The number of aryl methyl sites for hydroxylation is 1. The maximum atomic E-state index is 12.6. The van der Waals surface area contributed by atoms with Crippen LogP contribution in [0.4, 0.5) is 0 Å². The molecule has 0 aliphatic heterocycles. The Labute approximate surface area is 127 Å². The van der Waals surface area contributed by atoms with Crippen LogP contribution in [0.25, 0.3) is 0 Å². The monoisotopic (exact) mass is 278 g/mol. The summed E-state index contributed by atoms with van der Waals surface area (Å²) in [5, 5.41) is 0. The lowest BCUT2D eigenvalue weighted by molar-refractivity contribution is -0.119. The normalized spacial score (nSPS) is 17.0. The maximum absolute atomic E-state index is 12.6. The van der Waals surface area contributed by atoms with Crippen molar-refractivity contribution in [2.24, 2.45) is 0 Å². The highest BCUT2D eigenvalue weighted by atomic mass is 16.1. The minimum absolute atomic E-state index is 0.103. The second kappa shape index (κ2) is 5.85. The molecule has 0 aromatic heterocycles. The van der Waals surface area contributed by atoms with E-state index in [1.807, 2.05) is 6.07 Å². The number of ketones is 1. The van der Waals surface area contributed by atoms with Crippen molar-refractivity contribution >= 4 is 5.78 Å². The number of benzene rings is 2. The molecule has 0 saturated carbocycles. The summed E-state index contributed by atoms with van der Waals surface area (Å²) in [7, 11) is 0. The van der Waals surface area contributed by atoms with E-state index in [9.17, 15) is 4.79 Å². The first-order chi connectivity index (χ1) is 10.1. The molecule has 1 aliphatic rings. The Balaban J connectivity index is 1.73. The van der Waals surface area contributed by atoms with Crippen LogP contribution in [0.15, 0.2) is 48.5 Å². The van der Waals surface area contributed by atoms with Gasteiger partial charge in [0.25, 0.3) is 0 Å². The van der Waals surface area contributed by atoms with Gasteiger partial charge in [0.1, 0.15) is 5.78 Å². The van der Waals surface area contributed by atoms with Crippen LogP contribution in [-0.2, 0) is 17.6 Å². The SMILES string of the molecule is CC(C)c1ccc(CC(=O)C2CCc3ccccc32)cc1. The Bertz CT molecular complexity index is 637. The zero-order valence-electron chi connectivity index (χ0n) is 12.8. The predicted molar refractivity (Wildman–Crippen MR) is 86.7 cm³/mol. The first-order valence-corrected chi connectivity index (χ1v) is 7.84. The van der Waals surface area contributed by atoms with E-state index in [1.165, 1.54) is 16.7 Å². The van der Waals surface area contributed by atoms with Gasteiger partial charge in [-0.25, -0.2) is 0 Å². The van der Waals surface area contributed by atoms with Crippen molar-refractivity contribution in [2.45, 2.75) is 44.9 Å². The molecule has 108 valence electrons. The van der Waals surface area contributed by atoms with E-state index < -0.39 is 0 Å². The molecule has 3 rings (SSSR count). The van der Waals surface area contributed by atoms with E-state index in [-0.39, 0.29) is 5.92 Å². The molecule has 21 heavy (non-hydrogen) atoms. The first-order valence-electron chi connectivity index (χ1n) is 7.84. The van der Waals surface area contributed by atoms with Crippen molar-refractivity contribution in [3.63, 3.8) is 0 Å². The molecule has 0 bridgehead atoms. The fourth-order valence-corrected chi connectivity index (χ4v) is 3.24. The fraction of sp³-hybridized carbons (Fsp3) is 0.350. The molecule has 1 atom stereocenters. The Morgan fingerprint density at radius 2 is 1.81 bits per heavy atom. The third-order valence-corrected chi connectivity index (χ3v) is 4.55. The van der Waals surface area contributed by atoms with Crippen LogP contribution in [0.3, 0.4) is 0 Å². The minimum atomic E-state index is 0.103. The van der Waals surface area contributed by atoms with Crippen LogP contribution in [0, 0.1) is 0 Å². The summed E-state index contributed by atoms with van der Waals surface area (Å²) in [6, 6.07) is 16.9. The van der Waals surface area contributed by atoms with E-state index in [1.54, 1.807) is 0 Å². The van der Waals surface area contributed by atoms with E-state index in [0.29, 0.717) is 18.1 Å². The summed E-state index contributed by atoms with van der Waals surface area (Å²) in [6.45, 7) is 4.38. The van der Waals surface area contributed by atoms with Gasteiger partial charge in [0, 0.05) is 12.3 Å². The van der Waals surface area contributed by atoms with Gasteiger partial charge in [0.05, 0.1) is 0 Å². The second-order valence-corrected chi connectivity index (χ2v) is 6.33. The second-order valence-electron chi connectivity index (χ2n) is 6.33. The number of carbonyl (C=O) groups excluding carboxylic acids is 1. The van der Waals surface area contributed by atoms with Gasteiger partial charge in [-0.2, -0.15) is 0 Å². The predicted octanol–water partition coefficient (Wildman–Crippen LogP) is 4.65. The topological polar surface area (TPSA) is 17.1 Å². The third-order valence-electron chi connectivity index (χ3n) is 4.55. The average Bonchev–Trinajstić information content (AvgIpc) is 2.92. The van der Waals surface area contributed by atoms with Crippen molar-refractivity contribution in [1.82, 2.24) is 0 Å². The molecule has 0 N–H and O–H groups in total. The smallest absolute Gasteiger partial charge is 0.144 e. The molecule has 1 unspecified atom stereocenters. The van der Waals surface area contributed by atoms with Crippen molar-refractivity contribution in [1.29, 1.82) is 0 Å². The van der Waals surface area contributed by atoms with Gasteiger partial charge in [-0.3, -0.25) is 4.79 Å².